The highest BCUT2D eigenvalue weighted by molar-refractivity contribution is 6.06. The van der Waals surface area contributed by atoms with Crippen LogP contribution in [0.5, 0.6) is 11.5 Å². The van der Waals surface area contributed by atoms with E-state index in [1.807, 2.05) is 56.4 Å². The van der Waals surface area contributed by atoms with E-state index in [1.165, 1.54) is 0 Å². The molecule has 1 aromatic heterocycles. The number of aromatic nitrogens is 1. The van der Waals surface area contributed by atoms with Crippen molar-refractivity contribution in [3.05, 3.63) is 66.4 Å². The predicted molar refractivity (Wildman–Crippen MR) is 103 cm³/mol. The van der Waals surface area contributed by atoms with E-state index in [9.17, 15) is 0 Å². The molecule has 5 rings (SSSR count). The van der Waals surface area contributed by atoms with Crippen LogP contribution in [-0.2, 0) is 6.37 Å². The number of pyridine rings is 1. The summed E-state index contributed by atoms with van der Waals surface area (Å²) in [5.74, 6) is 1.41. The van der Waals surface area contributed by atoms with E-state index in [1.54, 1.807) is 0 Å². The second kappa shape index (κ2) is 5.32. The van der Waals surface area contributed by atoms with Crippen molar-refractivity contribution in [1.82, 2.24) is 4.98 Å². The Morgan fingerprint density at radius 2 is 1.88 bits per heavy atom. The predicted octanol–water partition coefficient (Wildman–Crippen LogP) is 6.36. The molecule has 122 valence electrons. The van der Waals surface area contributed by atoms with Crippen LogP contribution in [0.25, 0.3) is 32.8 Å². The molecule has 3 aromatic carbocycles. The Morgan fingerprint density at radius 1 is 1.04 bits per heavy atom. The summed E-state index contributed by atoms with van der Waals surface area (Å²) in [6, 6.07) is 17.9. The molecular formula is C23H19NO. The normalized spacial score (nSPS) is 14.2. The molecule has 0 atom stereocenters. The SMILES string of the molecule is [2H]C([2H])(c1ccc2cnc3c(c2c1)Oc1cccc2cccc-3c12)C(C)C. The zero-order valence-electron chi connectivity index (χ0n) is 16.2. The molecule has 0 saturated carbocycles. The first-order chi connectivity index (χ1) is 13.0. The van der Waals surface area contributed by atoms with Crippen LogP contribution in [0, 0.1) is 5.92 Å². The average Bonchev–Trinajstić information content (AvgIpc) is 2.68. The molecular weight excluding hydrogens is 306 g/mol. The molecule has 25 heavy (non-hydrogen) atoms. The minimum Gasteiger partial charge on any atom is -0.454 e. The van der Waals surface area contributed by atoms with Crippen molar-refractivity contribution in [2.45, 2.75) is 20.2 Å². The van der Waals surface area contributed by atoms with E-state index in [4.69, 9.17) is 7.48 Å². The van der Waals surface area contributed by atoms with Crippen LogP contribution < -0.4 is 4.74 Å². The highest BCUT2D eigenvalue weighted by atomic mass is 16.5. The van der Waals surface area contributed by atoms with Crippen molar-refractivity contribution in [3.8, 4) is 22.8 Å². The standard InChI is InChI=1S/C23H19NO/c1-14(2)11-15-9-10-17-13-24-22-18-7-3-5-16-6-4-8-20(21(16)18)25-23(22)19(17)12-15/h3-10,12-14H,11H2,1-2H3/i11D2. The summed E-state index contributed by atoms with van der Waals surface area (Å²) in [5.41, 5.74) is 2.54. The zero-order chi connectivity index (χ0) is 18.8. The van der Waals surface area contributed by atoms with Crippen molar-refractivity contribution in [2.75, 3.05) is 0 Å². The third-order valence-electron chi connectivity index (χ3n) is 4.63. The van der Waals surface area contributed by atoms with Gasteiger partial charge in [-0.25, -0.2) is 0 Å². The summed E-state index contributed by atoms with van der Waals surface area (Å²) in [6.45, 7) is 3.80. The van der Waals surface area contributed by atoms with Crippen molar-refractivity contribution < 1.29 is 7.48 Å². The minimum atomic E-state index is -1.41. The summed E-state index contributed by atoms with van der Waals surface area (Å²) in [7, 11) is 0. The molecule has 2 nitrogen and oxygen atoms in total. The average molecular weight is 327 g/mol. The lowest BCUT2D eigenvalue weighted by Gasteiger charge is -2.22. The van der Waals surface area contributed by atoms with Crippen molar-refractivity contribution in [1.29, 1.82) is 0 Å². The first-order valence-corrected chi connectivity index (χ1v) is 8.60. The number of nitrogens with zero attached hydrogens (tertiary/aromatic N) is 1. The van der Waals surface area contributed by atoms with E-state index in [0.29, 0.717) is 11.3 Å². The molecule has 0 unspecified atom stereocenters. The fraction of sp³-hybridized carbons (Fsp3) is 0.174. The van der Waals surface area contributed by atoms with Gasteiger partial charge in [-0.1, -0.05) is 56.3 Å². The largest absolute Gasteiger partial charge is 0.454 e. The second-order valence-corrected chi connectivity index (χ2v) is 6.80. The van der Waals surface area contributed by atoms with Crippen LogP contribution in [0.1, 0.15) is 22.2 Å². The Kier molecular flexibility index (Phi) is 2.66. The Labute approximate surface area is 149 Å². The maximum atomic E-state index is 8.46. The number of hydrogen-bond acceptors (Lipinski definition) is 2. The third kappa shape index (κ3) is 2.21. The fourth-order valence-electron chi connectivity index (χ4n) is 3.60. The van der Waals surface area contributed by atoms with Gasteiger partial charge in [-0.05, 0) is 35.4 Å². The first-order valence-electron chi connectivity index (χ1n) is 9.60. The van der Waals surface area contributed by atoms with E-state index in [-0.39, 0.29) is 5.92 Å². The van der Waals surface area contributed by atoms with Gasteiger partial charge in [0, 0.05) is 30.7 Å². The summed E-state index contributed by atoms with van der Waals surface area (Å²) in [5, 5.41) is 4.05. The van der Waals surface area contributed by atoms with Gasteiger partial charge in [0.15, 0.2) is 5.75 Å². The van der Waals surface area contributed by atoms with Gasteiger partial charge in [-0.3, -0.25) is 4.98 Å². The Balaban J connectivity index is 1.82. The number of ether oxygens (including phenoxy) is 1. The highest BCUT2D eigenvalue weighted by Gasteiger charge is 2.23. The lowest BCUT2D eigenvalue weighted by atomic mass is 9.95. The highest BCUT2D eigenvalue weighted by Crippen LogP contribution is 2.47. The second-order valence-electron chi connectivity index (χ2n) is 6.80. The molecule has 0 radical (unpaired) electrons. The molecule has 2 heteroatoms. The van der Waals surface area contributed by atoms with Gasteiger partial charge in [-0.15, -0.1) is 0 Å². The van der Waals surface area contributed by atoms with Gasteiger partial charge in [0.2, 0.25) is 0 Å². The van der Waals surface area contributed by atoms with Crippen molar-refractivity contribution in [2.24, 2.45) is 5.92 Å². The van der Waals surface area contributed by atoms with Crippen LogP contribution in [0.2, 0.25) is 0 Å². The number of rotatable bonds is 2. The molecule has 0 fully saturated rings. The first kappa shape index (κ1) is 12.5. The number of hydrogen-bond donors (Lipinski definition) is 0. The van der Waals surface area contributed by atoms with Gasteiger partial charge in [0.25, 0.3) is 0 Å². The summed E-state index contributed by atoms with van der Waals surface area (Å²) >= 11 is 0. The topological polar surface area (TPSA) is 22.1 Å². The fourth-order valence-corrected chi connectivity index (χ4v) is 3.60. The maximum absolute atomic E-state index is 8.46. The van der Waals surface area contributed by atoms with Crippen LogP contribution in [0.3, 0.4) is 0 Å². The van der Waals surface area contributed by atoms with E-state index >= 15 is 0 Å². The lowest BCUT2D eigenvalue weighted by Crippen LogP contribution is -2.01. The van der Waals surface area contributed by atoms with Crippen LogP contribution >= 0.6 is 0 Å². The van der Waals surface area contributed by atoms with Gasteiger partial charge >= 0.3 is 0 Å². The van der Waals surface area contributed by atoms with Gasteiger partial charge in [0.05, 0.1) is 0 Å². The molecule has 2 heterocycles. The molecule has 0 spiro atoms. The quantitative estimate of drug-likeness (QED) is 0.376. The molecule has 0 amide bonds. The Bertz CT molecular complexity index is 1210. The van der Waals surface area contributed by atoms with Crippen LogP contribution in [0.4, 0.5) is 0 Å². The lowest BCUT2D eigenvalue weighted by molar-refractivity contribution is 0.490. The summed E-state index contributed by atoms with van der Waals surface area (Å²) in [4.78, 5) is 4.68. The third-order valence-corrected chi connectivity index (χ3v) is 4.63. The molecule has 0 saturated heterocycles. The summed E-state index contributed by atoms with van der Waals surface area (Å²) < 4.78 is 23.2. The molecule has 0 aliphatic carbocycles. The monoisotopic (exact) mass is 327 g/mol. The maximum Gasteiger partial charge on any atom is 0.161 e. The van der Waals surface area contributed by atoms with Gasteiger partial charge < -0.3 is 4.74 Å². The van der Waals surface area contributed by atoms with Crippen molar-refractivity contribution in [3.63, 3.8) is 0 Å². The smallest absolute Gasteiger partial charge is 0.161 e. The van der Waals surface area contributed by atoms with E-state index < -0.39 is 6.37 Å². The van der Waals surface area contributed by atoms with Crippen LogP contribution in [0.15, 0.2) is 60.8 Å². The Morgan fingerprint density at radius 3 is 2.72 bits per heavy atom. The van der Waals surface area contributed by atoms with E-state index in [0.717, 1.165) is 38.6 Å². The number of fused-ring (bicyclic) bond motifs is 4. The molecule has 0 bridgehead atoms. The van der Waals surface area contributed by atoms with Crippen LogP contribution in [-0.4, -0.2) is 4.98 Å². The van der Waals surface area contributed by atoms with E-state index in [2.05, 4.69) is 23.2 Å². The zero-order valence-corrected chi connectivity index (χ0v) is 14.2. The molecule has 1 aliphatic rings. The molecule has 1 aliphatic heterocycles. The number of benzene rings is 3. The molecule has 4 aromatic rings. The minimum absolute atomic E-state index is 0.122. The van der Waals surface area contributed by atoms with Gasteiger partial charge in [-0.2, -0.15) is 0 Å². The molecule has 0 N–H and O–H groups in total. The van der Waals surface area contributed by atoms with Crippen molar-refractivity contribution >= 4 is 21.5 Å². The summed E-state index contributed by atoms with van der Waals surface area (Å²) in [6.07, 6.45) is 0.440. The van der Waals surface area contributed by atoms with Gasteiger partial charge in [0.1, 0.15) is 11.4 Å². The Hall–Kier alpha value is -2.87.